The minimum atomic E-state index is -0.799. The monoisotopic (exact) mass is 1080 g/mol. The van der Waals surface area contributed by atoms with Crippen LogP contribution in [-0.2, 0) is 28.6 Å². The smallest absolute Gasteiger partial charge is 0.306 e. The molecule has 0 aromatic rings. The third-order valence-corrected chi connectivity index (χ3v) is 15.4. The Labute approximate surface area is 479 Å². The average Bonchev–Trinajstić information content (AvgIpc) is 3.43. The van der Waals surface area contributed by atoms with Gasteiger partial charge < -0.3 is 14.2 Å². The molecule has 1 unspecified atom stereocenters. The van der Waals surface area contributed by atoms with Crippen molar-refractivity contribution in [3.05, 3.63) is 48.6 Å². The molecule has 0 radical (unpaired) electrons. The van der Waals surface area contributed by atoms with Gasteiger partial charge in [-0.15, -0.1) is 0 Å². The summed E-state index contributed by atoms with van der Waals surface area (Å²) in [4.78, 5) is 38.3. The number of allylic oxidation sites excluding steroid dienone is 8. The molecule has 0 amide bonds. The highest BCUT2D eigenvalue weighted by Crippen LogP contribution is 2.19. The highest BCUT2D eigenvalue weighted by Gasteiger charge is 2.19. The van der Waals surface area contributed by atoms with Gasteiger partial charge in [-0.1, -0.05) is 352 Å². The number of esters is 3. The summed E-state index contributed by atoms with van der Waals surface area (Å²) in [5, 5.41) is 0. The molecule has 0 spiro atoms. The van der Waals surface area contributed by atoms with E-state index in [1.54, 1.807) is 0 Å². The van der Waals surface area contributed by atoms with Gasteiger partial charge in [0.05, 0.1) is 0 Å². The molecule has 0 bridgehead atoms. The first kappa shape index (κ1) is 74.4. The van der Waals surface area contributed by atoms with E-state index in [0.29, 0.717) is 19.3 Å². The van der Waals surface area contributed by atoms with E-state index in [0.717, 1.165) is 64.2 Å². The maximum absolute atomic E-state index is 12.9. The Hall–Kier alpha value is -2.63. The van der Waals surface area contributed by atoms with Crippen LogP contribution in [0.1, 0.15) is 367 Å². The van der Waals surface area contributed by atoms with Gasteiger partial charge in [0.2, 0.25) is 0 Å². The summed E-state index contributed by atoms with van der Waals surface area (Å²) < 4.78 is 16.9. The minimum Gasteiger partial charge on any atom is -0.462 e. The Morgan fingerprint density at radius 2 is 0.506 bits per heavy atom. The number of hydrogen-bond donors (Lipinski definition) is 0. The van der Waals surface area contributed by atoms with Crippen molar-refractivity contribution in [2.45, 2.75) is 374 Å². The highest BCUT2D eigenvalue weighted by molar-refractivity contribution is 5.71. The molecule has 0 saturated heterocycles. The summed E-state index contributed by atoms with van der Waals surface area (Å²) in [5.74, 6) is -0.951. The lowest BCUT2D eigenvalue weighted by Gasteiger charge is -2.18. The van der Waals surface area contributed by atoms with Crippen LogP contribution in [0.25, 0.3) is 0 Å². The van der Waals surface area contributed by atoms with Crippen molar-refractivity contribution < 1.29 is 28.6 Å². The quantitative estimate of drug-likeness (QED) is 0.0261. The third kappa shape index (κ3) is 64.1. The molecule has 0 N–H and O–H groups in total. The van der Waals surface area contributed by atoms with Gasteiger partial charge in [0.25, 0.3) is 0 Å². The number of hydrogen-bond acceptors (Lipinski definition) is 6. The zero-order valence-corrected chi connectivity index (χ0v) is 51.7. The highest BCUT2D eigenvalue weighted by atomic mass is 16.6. The van der Waals surface area contributed by atoms with E-state index in [2.05, 4.69) is 63.3 Å². The van der Waals surface area contributed by atoms with Crippen LogP contribution >= 0.6 is 0 Å². The molecular formula is C71H130O6. The van der Waals surface area contributed by atoms with Gasteiger partial charge in [-0.2, -0.15) is 0 Å². The molecule has 1 atom stereocenters. The molecule has 6 heteroatoms. The molecule has 77 heavy (non-hydrogen) atoms. The first-order valence-corrected chi connectivity index (χ1v) is 34.1. The molecule has 0 fully saturated rings. The van der Waals surface area contributed by atoms with E-state index in [1.807, 2.05) is 6.08 Å². The van der Waals surface area contributed by atoms with Crippen LogP contribution in [0.3, 0.4) is 0 Å². The van der Waals surface area contributed by atoms with Crippen LogP contribution in [0, 0.1) is 0 Å². The van der Waals surface area contributed by atoms with Crippen LogP contribution in [0.4, 0.5) is 0 Å². The SMILES string of the molecule is CC/C=C\C/C=C\C/C=C\C/C=C\CCC(=O)OCC(COC(=O)CCCCCCCCCCCCCCCCCCCCCCCCCCCCCCC)OC(=O)CCCCCCCCCCCCCCCCCCC. The lowest BCUT2D eigenvalue weighted by atomic mass is 10.0. The maximum Gasteiger partial charge on any atom is 0.306 e. The van der Waals surface area contributed by atoms with Gasteiger partial charge in [-0.25, -0.2) is 0 Å². The second-order valence-electron chi connectivity index (χ2n) is 23.1. The van der Waals surface area contributed by atoms with Gasteiger partial charge in [0.15, 0.2) is 6.10 Å². The van der Waals surface area contributed by atoms with Gasteiger partial charge in [0, 0.05) is 19.3 Å². The summed E-state index contributed by atoms with van der Waals surface area (Å²) in [7, 11) is 0. The molecular weight excluding hydrogens is 949 g/mol. The molecule has 0 aromatic carbocycles. The fourth-order valence-corrected chi connectivity index (χ4v) is 10.3. The van der Waals surface area contributed by atoms with Crippen LogP contribution in [0.15, 0.2) is 48.6 Å². The first-order valence-electron chi connectivity index (χ1n) is 34.1. The number of ether oxygens (including phenoxy) is 3. The predicted octanol–water partition coefficient (Wildman–Crippen LogP) is 23.3. The zero-order valence-electron chi connectivity index (χ0n) is 51.7. The summed E-state index contributed by atoms with van der Waals surface area (Å²) in [6.45, 7) is 6.53. The summed E-state index contributed by atoms with van der Waals surface area (Å²) in [6, 6.07) is 0. The summed E-state index contributed by atoms with van der Waals surface area (Å²) >= 11 is 0. The normalized spacial score (nSPS) is 12.3. The molecule has 450 valence electrons. The summed E-state index contributed by atoms with van der Waals surface area (Å²) in [6.07, 6.45) is 83.1. The molecule has 0 aliphatic heterocycles. The van der Waals surface area contributed by atoms with Gasteiger partial charge >= 0.3 is 17.9 Å². The van der Waals surface area contributed by atoms with Crippen molar-refractivity contribution >= 4 is 17.9 Å². The Balaban J connectivity index is 4.19. The third-order valence-electron chi connectivity index (χ3n) is 15.4. The topological polar surface area (TPSA) is 78.9 Å². The van der Waals surface area contributed by atoms with Crippen molar-refractivity contribution in [1.29, 1.82) is 0 Å². The Kier molecular flexibility index (Phi) is 63.6. The Bertz CT molecular complexity index is 1330. The Morgan fingerprint density at radius 3 is 0.792 bits per heavy atom. The maximum atomic E-state index is 12.9. The van der Waals surface area contributed by atoms with Crippen molar-refractivity contribution in [1.82, 2.24) is 0 Å². The largest absolute Gasteiger partial charge is 0.462 e. The molecule has 6 nitrogen and oxygen atoms in total. The summed E-state index contributed by atoms with van der Waals surface area (Å²) in [5.41, 5.74) is 0. The van der Waals surface area contributed by atoms with Crippen molar-refractivity contribution in [3.8, 4) is 0 Å². The van der Waals surface area contributed by atoms with Crippen molar-refractivity contribution in [2.75, 3.05) is 13.2 Å². The van der Waals surface area contributed by atoms with E-state index in [1.165, 1.54) is 257 Å². The molecule has 0 aliphatic carbocycles. The van der Waals surface area contributed by atoms with E-state index < -0.39 is 6.10 Å². The number of rotatable bonds is 63. The lowest BCUT2D eigenvalue weighted by Crippen LogP contribution is -2.30. The molecule has 0 aliphatic rings. The number of carbonyl (C=O) groups is 3. The predicted molar refractivity (Wildman–Crippen MR) is 335 cm³/mol. The van der Waals surface area contributed by atoms with E-state index in [4.69, 9.17) is 14.2 Å². The Morgan fingerprint density at radius 1 is 0.273 bits per heavy atom. The van der Waals surface area contributed by atoms with Crippen LogP contribution in [0.5, 0.6) is 0 Å². The second-order valence-corrected chi connectivity index (χ2v) is 23.1. The minimum absolute atomic E-state index is 0.0899. The van der Waals surface area contributed by atoms with Crippen LogP contribution < -0.4 is 0 Å². The number of carbonyl (C=O) groups excluding carboxylic acids is 3. The lowest BCUT2D eigenvalue weighted by molar-refractivity contribution is -0.166. The van der Waals surface area contributed by atoms with Crippen LogP contribution in [-0.4, -0.2) is 37.2 Å². The molecule has 0 rings (SSSR count). The molecule has 0 saturated carbocycles. The van der Waals surface area contributed by atoms with Crippen molar-refractivity contribution in [3.63, 3.8) is 0 Å². The second kappa shape index (κ2) is 65.9. The van der Waals surface area contributed by atoms with Crippen molar-refractivity contribution in [2.24, 2.45) is 0 Å². The van der Waals surface area contributed by atoms with E-state index in [-0.39, 0.29) is 37.5 Å². The number of unbranched alkanes of at least 4 members (excludes halogenated alkanes) is 44. The van der Waals surface area contributed by atoms with E-state index in [9.17, 15) is 14.4 Å². The average molecular weight is 1080 g/mol. The standard InChI is InChI=1S/C71H130O6/c1-4-7-10-13-16-19-22-25-27-29-30-31-32-33-34-35-36-37-38-39-40-42-43-46-49-52-55-58-61-64-70(73)76-67-68(66-75-69(72)63-60-57-54-51-48-45-24-21-18-15-12-9-6-3)77-71(74)65-62-59-56-53-50-47-44-41-28-26-23-20-17-14-11-8-5-2/h9,12,18,21,45,48,54,57,68H,4-8,10-11,13-17,19-20,22-44,46-47,49-53,55-56,58-67H2,1-3H3/b12-9-,21-18-,48-45-,57-54-. The van der Waals surface area contributed by atoms with Crippen LogP contribution in [0.2, 0.25) is 0 Å². The molecule has 0 aromatic heterocycles. The fraction of sp³-hybridized carbons (Fsp3) is 0.845. The fourth-order valence-electron chi connectivity index (χ4n) is 10.3. The van der Waals surface area contributed by atoms with Gasteiger partial charge in [-0.3, -0.25) is 14.4 Å². The van der Waals surface area contributed by atoms with Gasteiger partial charge in [-0.05, 0) is 44.9 Å². The molecule has 0 heterocycles. The van der Waals surface area contributed by atoms with Gasteiger partial charge in [0.1, 0.15) is 13.2 Å². The van der Waals surface area contributed by atoms with E-state index >= 15 is 0 Å². The first-order chi connectivity index (χ1) is 38.0. The zero-order chi connectivity index (χ0) is 55.7.